The van der Waals surface area contributed by atoms with E-state index in [1.807, 2.05) is 11.4 Å². The van der Waals surface area contributed by atoms with Gasteiger partial charge in [0.15, 0.2) is 0 Å². The minimum Gasteiger partial charge on any atom is -0.325 e. The Hall–Kier alpha value is -2.22. The molecule has 0 aliphatic carbocycles. The van der Waals surface area contributed by atoms with Crippen molar-refractivity contribution in [3.8, 4) is 0 Å². The molecule has 3 N–H and O–H groups in total. The molecule has 1 aromatic heterocycles. The lowest BCUT2D eigenvalue weighted by Gasteiger charge is -2.32. The van der Waals surface area contributed by atoms with Crippen LogP contribution in [0.3, 0.4) is 0 Å². The van der Waals surface area contributed by atoms with Gasteiger partial charge >= 0.3 is 0 Å². The van der Waals surface area contributed by atoms with Crippen molar-refractivity contribution in [2.24, 2.45) is 0 Å². The van der Waals surface area contributed by atoms with E-state index in [2.05, 4.69) is 34.7 Å². The van der Waals surface area contributed by atoms with Gasteiger partial charge in [0.2, 0.25) is 5.91 Å². The van der Waals surface area contributed by atoms with Crippen LogP contribution in [-0.4, -0.2) is 48.4 Å². The molecular formula is C21H28N4O2S. The first-order valence-electron chi connectivity index (χ1n) is 9.73. The molecule has 3 rings (SSSR count). The minimum atomic E-state index is -0.123. The van der Waals surface area contributed by atoms with E-state index >= 15 is 0 Å². The summed E-state index contributed by atoms with van der Waals surface area (Å²) < 4.78 is 0. The first kappa shape index (κ1) is 20.5. The fraction of sp³-hybridized carbons (Fsp3) is 0.429. The summed E-state index contributed by atoms with van der Waals surface area (Å²) >= 11 is 1.40. The number of thiophene rings is 1. The summed E-state index contributed by atoms with van der Waals surface area (Å²) in [5, 5.41) is 11.2. The Bertz CT molecular complexity index is 766. The van der Waals surface area contributed by atoms with E-state index in [1.54, 1.807) is 30.3 Å². The molecule has 7 heteroatoms. The van der Waals surface area contributed by atoms with E-state index in [0.717, 1.165) is 31.6 Å². The molecular weight excluding hydrogens is 372 g/mol. The van der Waals surface area contributed by atoms with Crippen LogP contribution in [0.25, 0.3) is 0 Å². The van der Waals surface area contributed by atoms with Gasteiger partial charge in [-0.25, -0.2) is 0 Å². The first-order valence-corrected chi connectivity index (χ1v) is 10.6. The molecule has 1 fully saturated rings. The summed E-state index contributed by atoms with van der Waals surface area (Å²) in [4.78, 5) is 27.3. The highest BCUT2D eigenvalue weighted by Crippen LogP contribution is 2.17. The number of carbonyl (C=O) groups is 2. The van der Waals surface area contributed by atoms with Gasteiger partial charge in [0.1, 0.15) is 0 Å². The molecule has 1 aromatic carbocycles. The van der Waals surface area contributed by atoms with Crippen molar-refractivity contribution >= 4 is 34.5 Å². The van der Waals surface area contributed by atoms with Crippen LogP contribution in [-0.2, 0) is 4.79 Å². The minimum absolute atomic E-state index is 0.00867. The van der Waals surface area contributed by atoms with Crippen LogP contribution in [0.4, 0.5) is 11.4 Å². The summed E-state index contributed by atoms with van der Waals surface area (Å²) in [5.74, 6) is -0.132. The second-order valence-electron chi connectivity index (χ2n) is 7.43. The standard InChI is InChI=1S/C21H28N4O2S/c1-15(2)22-18-9-11-25(12-10-18)14-20(26)23-16-5-7-17(8-6-16)24-21(27)19-4-3-13-28-19/h3-8,13,15,18,22H,9-12,14H2,1-2H3,(H,23,26)(H,24,27). The van der Waals surface area contributed by atoms with Crippen molar-refractivity contribution in [1.29, 1.82) is 0 Å². The summed E-state index contributed by atoms with van der Waals surface area (Å²) in [6.45, 7) is 6.61. The summed E-state index contributed by atoms with van der Waals surface area (Å²) in [7, 11) is 0. The highest BCUT2D eigenvalue weighted by atomic mass is 32.1. The molecule has 0 atom stereocenters. The van der Waals surface area contributed by atoms with Crippen LogP contribution in [0.2, 0.25) is 0 Å². The number of rotatable bonds is 7. The highest BCUT2D eigenvalue weighted by molar-refractivity contribution is 7.12. The Morgan fingerprint density at radius 1 is 1.07 bits per heavy atom. The molecule has 28 heavy (non-hydrogen) atoms. The molecule has 0 unspecified atom stereocenters. The Morgan fingerprint density at radius 2 is 1.71 bits per heavy atom. The molecule has 0 radical (unpaired) electrons. The van der Waals surface area contributed by atoms with Gasteiger partial charge in [0.25, 0.3) is 5.91 Å². The lowest BCUT2D eigenvalue weighted by atomic mass is 10.0. The average Bonchev–Trinajstić information content (AvgIpc) is 3.19. The Morgan fingerprint density at radius 3 is 2.29 bits per heavy atom. The Balaban J connectivity index is 1.43. The van der Waals surface area contributed by atoms with Crippen molar-refractivity contribution in [2.45, 2.75) is 38.8 Å². The molecule has 6 nitrogen and oxygen atoms in total. The quantitative estimate of drug-likeness (QED) is 0.666. The van der Waals surface area contributed by atoms with Gasteiger partial charge < -0.3 is 16.0 Å². The molecule has 2 amide bonds. The van der Waals surface area contributed by atoms with Crippen LogP contribution < -0.4 is 16.0 Å². The molecule has 0 spiro atoms. The zero-order chi connectivity index (χ0) is 19.9. The molecule has 2 aromatic rings. The summed E-state index contributed by atoms with van der Waals surface area (Å²) in [6.07, 6.45) is 2.15. The molecule has 1 saturated heterocycles. The Kier molecular flexibility index (Phi) is 7.19. The number of hydrogen-bond donors (Lipinski definition) is 3. The second-order valence-corrected chi connectivity index (χ2v) is 8.38. The van der Waals surface area contributed by atoms with Crippen molar-refractivity contribution < 1.29 is 9.59 Å². The third-order valence-electron chi connectivity index (χ3n) is 4.70. The van der Waals surface area contributed by atoms with E-state index < -0.39 is 0 Å². The van der Waals surface area contributed by atoms with E-state index in [9.17, 15) is 9.59 Å². The number of likely N-dealkylation sites (tertiary alicyclic amines) is 1. The smallest absolute Gasteiger partial charge is 0.265 e. The van der Waals surface area contributed by atoms with Gasteiger partial charge in [-0.05, 0) is 48.6 Å². The third kappa shape index (κ3) is 6.15. The SMILES string of the molecule is CC(C)NC1CCN(CC(=O)Nc2ccc(NC(=O)c3cccs3)cc2)CC1. The van der Waals surface area contributed by atoms with Gasteiger partial charge in [-0.3, -0.25) is 14.5 Å². The number of anilines is 2. The molecule has 0 saturated carbocycles. The van der Waals surface area contributed by atoms with Crippen molar-refractivity contribution in [1.82, 2.24) is 10.2 Å². The van der Waals surface area contributed by atoms with Gasteiger partial charge in [-0.15, -0.1) is 11.3 Å². The first-order chi connectivity index (χ1) is 13.5. The van der Waals surface area contributed by atoms with Crippen LogP contribution in [0.1, 0.15) is 36.4 Å². The number of carbonyl (C=O) groups excluding carboxylic acids is 2. The van der Waals surface area contributed by atoms with Crippen molar-refractivity contribution in [3.63, 3.8) is 0 Å². The monoisotopic (exact) mass is 400 g/mol. The normalized spacial score (nSPS) is 15.5. The number of hydrogen-bond acceptors (Lipinski definition) is 5. The highest BCUT2D eigenvalue weighted by Gasteiger charge is 2.21. The van der Waals surface area contributed by atoms with E-state index in [1.165, 1.54) is 11.3 Å². The number of piperidine rings is 1. The number of nitrogens with zero attached hydrogens (tertiary/aromatic N) is 1. The van der Waals surface area contributed by atoms with Gasteiger partial charge in [-0.1, -0.05) is 19.9 Å². The van der Waals surface area contributed by atoms with E-state index in [-0.39, 0.29) is 11.8 Å². The van der Waals surface area contributed by atoms with Crippen molar-refractivity contribution in [3.05, 3.63) is 46.7 Å². The van der Waals surface area contributed by atoms with Crippen LogP contribution >= 0.6 is 11.3 Å². The fourth-order valence-electron chi connectivity index (χ4n) is 3.37. The molecule has 1 aliphatic rings. The zero-order valence-corrected chi connectivity index (χ0v) is 17.2. The largest absolute Gasteiger partial charge is 0.325 e. The third-order valence-corrected chi connectivity index (χ3v) is 5.56. The van der Waals surface area contributed by atoms with Gasteiger partial charge in [0, 0.05) is 36.5 Å². The van der Waals surface area contributed by atoms with Gasteiger partial charge in [-0.2, -0.15) is 0 Å². The number of nitrogens with one attached hydrogen (secondary N) is 3. The molecule has 150 valence electrons. The topological polar surface area (TPSA) is 73.5 Å². The van der Waals surface area contributed by atoms with Crippen molar-refractivity contribution in [2.75, 3.05) is 30.3 Å². The van der Waals surface area contributed by atoms with E-state index in [4.69, 9.17) is 0 Å². The zero-order valence-electron chi connectivity index (χ0n) is 16.4. The van der Waals surface area contributed by atoms with Crippen LogP contribution in [0, 0.1) is 0 Å². The number of benzene rings is 1. The maximum atomic E-state index is 12.3. The molecule has 0 bridgehead atoms. The average molecular weight is 401 g/mol. The lowest BCUT2D eigenvalue weighted by Crippen LogP contribution is -2.46. The van der Waals surface area contributed by atoms with E-state index in [0.29, 0.717) is 29.2 Å². The maximum Gasteiger partial charge on any atom is 0.265 e. The predicted octanol–water partition coefficient (Wildman–Crippen LogP) is 3.40. The second kappa shape index (κ2) is 9.82. The lowest BCUT2D eigenvalue weighted by molar-refractivity contribution is -0.117. The van der Waals surface area contributed by atoms with Gasteiger partial charge in [0.05, 0.1) is 11.4 Å². The summed E-state index contributed by atoms with van der Waals surface area (Å²) in [5.41, 5.74) is 1.44. The molecule has 2 heterocycles. The van der Waals surface area contributed by atoms with Crippen LogP contribution in [0.15, 0.2) is 41.8 Å². The van der Waals surface area contributed by atoms with Crippen LogP contribution in [0.5, 0.6) is 0 Å². The number of amides is 2. The molecule has 1 aliphatic heterocycles. The maximum absolute atomic E-state index is 12.3. The Labute approximate surface area is 170 Å². The summed E-state index contributed by atoms with van der Waals surface area (Å²) in [6, 6.07) is 11.9. The predicted molar refractivity (Wildman–Crippen MR) is 115 cm³/mol. The fourth-order valence-corrected chi connectivity index (χ4v) is 3.99.